The topological polar surface area (TPSA) is 364 Å². The van der Waals surface area contributed by atoms with Gasteiger partial charge in [-0.1, -0.05) is 84.4 Å². The molecule has 531 valence electrons. The minimum absolute atomic E-state index is 0. The van der Waals surface area contributed by atoms with Gasteiger partial charge in [0.1, 0.15) is 36.5 Å². The number of nitrogens with two attached hydrogens (primary N) is 3. The van der Waals surface area contributed by atoms with Crippen molar-refractivity contribution in [3.8, 4) is 34.9 Å². The molecule has 0 aliphatic carbocycles. The van der Waals surface area contributed by atoms with Gasteiger partial charge in [0.25, 0.3) is 0 Å². The molecule has 98 heavy (non-hydrogen) atoms. The Balaban J connectivity index is 0.000000349. The Morgan fingerprint density at radius 2 is 0.949 bits per heavy atom. The molecule has 0 unspecified atom stereocenters. The number of amides is 1. The first-order valence-electron chi connectivity index (χ1n) is 28.7. The third kappa shape index (κ3) is 23.7. The average Bonchev–Trinajstić information content (AvgIpc) is 1.33. The number of ether oxygens (including phenoxy) is 8. The predicted molar refractivity (Wildman–Crippen MR) is 371 cm³/mol. The molecular formula is C64H79Cl3F3N12O15Ti. The SMILES string of the molecule is C.C.C.C.C1CCOC1.CCOC(=O)N1Cc2ccc(F)c(c2)OC/C=C/CCOc2cc1c([N+](=O)[O-])c(N)n2.Nc1nc2cc3c1[nH]c(=O)n3Cc1ccc(F)c(c1)OC/C=C/CCO2.Nc1nc2cc3c1[nH]c(=O)n3Cc1ccc(F)c(c1)OC/C=C/CCO2.O=O.[Cl][Ti]([Cl])[Cl]. The molecular weight excluding hydrogens is 1390 g/mol. The van der Waals surface area contributed by atoms with Crippen molar-refractivity contribution >= 4 is 84.9 Å². The molecule has 1 saturated heterocycles. The molecule has 3 aromatic carbocycles. The van der Waals surface area contributed by atoms with Gasteiger partial charge in [0.05, 0.1) is 62.0 Å². The number of anilines is 4. The molecule has 12 rings (SSSR count). The summed E-state index contributed by atoms with van der Waals surface area (Å²) in [4.78, 5) is 81.1. The van der Waals surface area contributed by atoms with Crippen molar-refractivity contribution in [3.05, 3.63) is 184 Å². The second kappa shape index (κ2) is 41.7. The maximum absolute atomic E-state index is 14.1. The molecule has 1 fully saturated rings. The number of H-pyrrole nitrogens is 2. The molecule has 0 spiro atoms. The number of nitrogen functional groups attached to an aromatic ring is 3. The normalized spacial score (nSPS) is 14.6. The number of hydrogen-bond donors (Lipinski definition) is 5. The number of aromatic nitrogens is 7. The van der Waals surface area contributed by atoms with Crippen LogP contribution < -0.4 is 61.9 Å². The van der Waals surface area contributed by atoms with Crippen LogP contribution in [0.3, 0.4) is 0 Å². The zero-order valence-electron chi connectivity index (χ0n) is 50.2. The van der Waals surface area contributed by atoms with Crippen LogP contribution in [0.25, 0.3) is 22.1 Å². The molecule has 0 saturated carbocycles. The fraction of sp³-hybridized carbons (Fsp3) is 0.344. The fourth-order valence-corrected chi connectivity index (χ4v) is 9.20. The van der Waals surface area contributed by atoms with Crippen LogP contribution in [0, 0.1) is 37.5 Å². The summed E-state index contributed by atoms with van der Waals surface area (Å²) in [6.45, 7) is 5.53. The maximum atomic E-state index is 14.1. The molecule has 4 aliphatic rings. The number of carbonyl (C=O) groups is 1. The van der Waals surface area contributed by atoms with E-state index in [-0.39, 0.29) is 134 Å². The van der Waals surface area contributed by atoms with Crippen molar-refractivity contribution < 1.29 is 75.5 Å². The number of rotatable bonds is 2. The van der Waals surface area contributed by atoms with E-state index in [0.29, 0.717) is 71.9 Å². The molecule has 0 radical (unpaired) electrons. The molecule has 4 aliphatic heterocycles. The van der Waals surface area contributed by atoms with E-state index in [2.05, 4.69) is 24.9 Å². The Hall–Kier alpha value is -9.33. The van der Waals surface area contributed by atoms with Crippen LogP contribution in [0.15, 0.2) is 119 Å². The summed E-state index contributed by atoms with van der Waals surface area (Å²) >= 11 is -1.92. The number of fused-ring (bicyclic) bond motifs is 10. The first kappa shape index (κ1) is 82.9. The van der Waals surface area contributed by atoms with Gasteiger partial charge in [-0.05, 0) is 92.1 Å². The molecule has 1 amide bonds. The zero-order chi connectivity index (χ0) is 67.7. The second-order valence-corrected chi connectivity index (χ2v) is 27.6. The Kier molecular flexibility index (Phi) is 35.3. The van der Waals surface area contributed by atoms with Crippen LogP contribution in [0.4, 0.5) is 46.8 Å². The number of benzene rings is 3. The standard InChI is InChI=1S/C20H21FN4O6.2C18H17FN4O3.C4H8O.4CH4.3ClH.O2.Ti/c1-2-29-20(26)24-12-13-6-7-14(21)16(10-13)30-8-4-3-5-9-31-17-11-15(24)18(25(27)28)19(22)23-17;2*19-12-5-4-11-8-14(12)25-6-2-1-3-7-26-15-9-13-16(17(20)21-15)22-18(24)23(13)10-11;1-2-4-5-3-1;;;;;;;;1-2;/h3-4,6-7,10-11H,2,5,8-9,12H2,1H3,(H2,22,23);2*1-2,4-5,8-9H,3,6-7,10H2,(H2,20,21)(H,22,24);1-4H2;4*1H4;3*1H;;/q;;;;;;;;;;;;+3/p-3/b4-3+;2*2-1+;;;;;;;;;;. The van der Waals surface area contributed by atoms with E-state index in [0.717, 1.165) is 29.2 Å². The van der Waals surface area contributed by atoms with Crippen LogP contribution in [-0.2, 0) is 43.8 Å². The van der Waals surface area contributed by atoms with Crippen LogP contribution in [0.2, 0.25) is 0 Å². The summed E-state index contributed by atoms with van der Waals surface area (Å²) in [7, 11) is 14.9. The third-order valence-electron chi connectivity index (χ3n) is 13.4. The summed E-state index contributed by atoms with van der Waals surface area (Å²) in [5.74, 6) is -0.497. The molecule has 12 bridgehead atoms. The van der Waals surface area contributed by atoms with Crippen LogP contribution >= 0.6 is 27.9 Å². The molecule has 8 aromatic rings. The van der Waals surface area contributed by atoms with E-state index in [1.165, 1.54) is 58.4 Å². The number of hydrogen-bond acceptors (Lipinski definition) is 21. The molecule has 8 N–H and O–H groups in total. The first-order valence-corrected chi connectivity index (χ1v) is 35.1. The van der Waals surface area contributed by atoms with Gasteiger partial charge >= 0.3 is 65.8 Å². The zero-order valence-corrected chi connectivity index (χ0v) is 54.0. The summed E-state index contributed by atoms with van der Waals surface area (Å²) in [6, 6.07) is 17.7. The number of imidazole rings is 2. The summed E-state index contributed by atoms with van der Waals surface area (Å²) in [5, 5.41) is 11.7. The van der Waals surface area contributed by atoms with Crippen molar-refractivity contribution in [3.63, 3.8) is 0 Å². The van der Waals surface area contributed by atoms with Crippen molar-refractivity contribution in [1.29, 1.82) is 0 Å². The number of nitro groups is 1. The van der Waals surface area contributed by atoms with E-state index in [9.17, 15) is 37.7 Å². The van der Waals surface area contributed by atoms with E-state index in [4.69, 9.17) is 92.9 Å². The van der Waals surface area contributed by atoms with Crippen molar-refractivity contribution in [2.45, 2.75) is 88.4 Å². The van der Waals surface area contributed by atoms with Gasteiger partial charge in [0.2, 0.25) is 23.5 Å². The van der Waals surface area contributed by atoms with E-state index in [1.54, 1.807) is 67.6 Å². The number of nitrogens with zero attached hydrogens (tertiary/aromatic N) is 7. The van der Waals surface area contributed by atoms with Crippen molar-refractivity contribution in [2.75, 3.05) is 81.6 Å². The van der Waals surface area contributed by atoms with E-state index >= 15 is 0 Å². The van der Waals surface area contributed by atoms with Crippen molar-refractivity contribution in [1.82, 2.24) is 34.1 Å². The van der Waals surface area contributed by atoms with E-state index in [1.807, 2.05) is 12.2 Å². The second-order valence-electron chi connectivity index (χ2n) is 19.9. The van der Waals surface area contributed by atoms with Gasteiger partial charge in [-0.2, -0.15) is 15.0 Å². The summed E-state index contributed by atoms with van der Waals surface area (Å²) in [5.41, 5.74) is 20.3. The fourth-order valence-electron chi connectivity index (χ4n) is 9.20. The van der Waals surface area contributed by atoms with Crippen LogP contribution in [0.1, 0.15) is 85.4 Å². The number of pyridine rings is 3. The minimum atomic E-state index is -1.92. The van der Waals surface area contributed by atoms with Gasteiger partial charge in [-0.3, -0.25) is 24.1 Å². The van der Waals surface area contributed by atoms with Crippen molar-refractivity contribution in [2.24, 2.45) is 0 Å². The quantitative estimate of drug-likeness (QED) is 0.0464. The molecule has 34 heteroatoms. The number of carbonyl (C=O) groups excluding carboxylic acids is 1. The molecule has 0 atom stereocenters. The van der Waals surface area contributed by atoms with Crippen LogP contribution in [-0.4, -0.2) is 105 Å². The Morgan fingerprint density at radius 1 is 0.582 bits per heavy atom. The van der Waals surface area contributed by atoms with Gasteiger partial charge in [0, 0.05) is 41.3 Å². The van der Waals surface area contributed by atoms with Gasteiger partial charge in [0.15, 0.2) is 46.3 Å². The molecule has 27 nitrogen and oxygen atoms in total. The van der Waals surface area contributed by atoms with Gasteiger partial charge < -0.3 is 65.1 Å². The number of aromatic amines is 2. The average molecular weight is 1470 g/mol. The monoisotopic (exact) mass is 1470 g/mol. The summed E-state index contributed by atoms with van der Waals surface area (Å²) < 4.78 is 88.3. The molecule has 9 heterocycles. The Morgan fingerprint density at radius 3 is 1.31 bits per heavy atom. The Bertz CT molecular complexity index is 3940. The third-order valence-corrected chi connectivity index (χ3v) is 13.4. The van der Waals surface area contributed by atoms with Gasteiger partial charge in [-0.15, -0.1) is 0 Å². The summed E-state index contributed by atoms with van der Waals surface area (Å²) in [6.07, 6.45) is 14.3. The van der Waals surface area contributed by atoms with E-state index < -0.39 is 54.7 Å². The van der Waals surface area contributed by atoms with Gasteiger partial charge in [-0.25, -0.2) is 27.6 Å². The van der Waals surface area contributed by atoms with Crippen LogP contribution in [0.5, 0.6) is 34.9 Å². The molecule has 5 aromatic heterocycles. The first-order chi connectivity index (χ1) is 45.4. The number of halogens is 6. The predicted octanol–water partition coefficient (Wildman–Crippen LogP) is 13.5. The Labute approximate surface area is 580 Å². The number of nitrogens with one attached hydrogen (secondary N) is 2.